The lowest BCUT2D eigenvalue weighted by atomic mass is 9.92. The second-order valence-corrected chi connectivity index (χ2v) is 7.12. The van der Waals surface area contributed by atoms with Gasteiger partial charge in [-0.2, -0.15) is 0 Å². The number of aromatic nitrogens is 4. The minimum atomic E-state index is -1.41. The monoisotopic (exact) mass is 466 g/mol. The van der Waals surface area contributed by atoms with Crippen molar-refractivity contribution in [3.05, 3.63) is 45.0 Å². The second-order valence-electron chi connectivity index (χ2n) is 7.12. The van der Waals surface area contributed by atoms with E-state index in [-0.39, 0.29) is 13.1 Å². The number of nitrogens with zero attached hydrogens (tertiary/aromatic N) is 6. The van der Waals surface area contributed by atoms with E-state index in [9.17, 15) is 29.0 Å². The van der Waals surface area contributed by atoms with Gasteiger partial charge in [0.05, 0.1) is 50.3 Å². The van der Waals surface area contributed by atoms with Crippen LogP contribution in [0.25, 0.3) is 0 Å². The molecule has 16 heteroatoms. The average molecular weight is 466 g/mol. The minimum Gasteiger partial charge on any atom is -0.395 e. The van der Waals surface area contributed by atoms with Crippen LogP contribution in [-0.2, 0) is 13.1 Å². The van der Waals surface area contributed by atoms with Gasteiger partial charge in [0.15, 0.2) is 0 Å². The molecule has 14 nitrogen and oxygen atoms in total. The summed E-state index contributed by atoms with van der Waals surface area (Å²) in [5.41, 5.74) is -2.82. The Morgan fingerprint density at radius 1 is 0.781 bits per heavy atom. The van der Waals surface area contributed by atoms with Crippen molar-refractivity contribution in [3.8, 4) is 0 Å². The number of nitro groups is 2. The average Bonchev–Trinajstić information content (AvgIpc) is 3.46. The van der Waals surface area contributed by atoms with Gasteiger partial charge in [-0.1, -0.05) is 9.97 Å². The molecular weight excluding hydrogens is 442 g/mol. The molecule has 0 aliphatic carbocycles. The Labute approximate surface area is 179 Å². The van der Waals surface area contributed by atoms with Crippen LogP contribution in [0.4, 0.5) is 20.7 Å². The Hall–Kier alpha value is -3.08. The molecule has 0 spiro atoms. The molecule has 0 radical (unpaired) electrons. The van der Waals surface area contributed by atoms with E-state index in [2.05, 4.69) is 9.97 Å². The van der Waals surface area contributed by atoms with Crippen molar-refractivity contribution in [2.75, 3.05) is 39.8 Å². The van der Waals surface area contributed by atoms with Crippen LogP contribution < -0.4 is 0 Å². The molecule has 0 saturated heterocycles. The van der Waals surface area contributed by atoms with Crippen molar-refractivity contribution >= 4 is 11.9 Å². The largest absolute Gasteiger partial charge is 0.434 e. The van der Waals surface area contributed by atoms with E-state index < -0.39 is 72.3 Å². The number of imidazole rings is 2. The topological polar surface area (TPSA) is 203 Å². The number of aliphatic hydroxyl groups excluding tert-OH is 4. The lowest BCUT2D eigenvalue weighted by Gasteiger charge is -2.24. The van der Waals surface area contributed by atoms with Crippen LogP contribution in [0.2, 0.25) is 0 Å². The maximum Gasteiger partial charge on any atom is 0.434 e. The summed E-state index contributed by atoms with van der Waals surface area (Å²) in [5.74, 6) is -0.889. The lowest BCUT2D eigenvalue weighted by Crippen LogP contribution is -2.37. The second kappa shape index (κ2) is 12.1. The van der Waals surface area contributed by atoms with Crippen LogP contribution in [-0.4, -0.2) is 89.2 Å². The van der Waals surface area contributed by atoms with Gasteiger partial charge in [-0.05, 0) is 9.85 Å². The highest BCUT2D eigenvalue weighted by Gasteiger charge is 2.34. The molecular formula is C16H24F2N6O8. The van der Waals surface area contributed by atoms with Crippen molar-refractivity contribution < 1.29 is 39.1 Å². The van der Waals surface area contributed by atoms with Crippen molar-refractivity contribution in [1.29, 1.82) is 0 Å². The number of halogens is 2. The number of aliphatic hydroxyl groups is 4. The first-order chi connectivity index (χ1) is 15.2. The summed E-state index contributed by atoms with van der Waals surface area (Å²) < 4.78 is 27.6. The zero-order chi connectivity index (χ0) is 24.4. The fraction of sp³-hybridized carbons (Fsp3) is 0.625. The highest BCUT2D eigenvalue weighted by atomic mass is 19.1. The molecule has 180 valence electrons. The van der Waals surface area contributed by atoms with Crippen molar-refractivity contribution in [2.45, 2.75) is 13.1 Å². The van der Waals surface area contributed by atoms with Gasteiger partial charge in [0.1, 0.15) is 38.1 Å². The molecule has 2 aromatic heterocycles. The van der Waals surface area contributed by atoms with Gasteiger partial charge in [0.2, 0.25) is 0 Å². The molecule has 32 heavy (non-hydrogen) atoms. The predicted octanol–water partition coefficient (Wildman–Crippen LogP) is -0.536. The van der Waals surface area contributed by atoms with Crippen LogP contribution in [0.3, 0.4) is 0 Å². The molecule has 0 aliphatic heterocycles. The molecule has 0 aromatic carbocycles. The quantitative estimate of drug-likeness (QED) is 0.232. The molecule has 2 aromatic rings. The summed E-state index contributed by atoms with van der Waals surface area (Å²) >= 11 is 0. The molecule has 0 aliphatic rings. The molecule has 0 saturated carbocycles. The third kappa shape index (κ3) is 6.46. The number of alkyl halides is 2. The summed E-state index contributed by atoms with van der Waals surface area (Å²) in [6.07, 6.45) is 5.01. The summed E-state index contributed by atoms with van der Waals surface area (Å²) in [7, 11) is 0. The Bertz CT molecular complexity index is 782. The van der Waals surface area contributed by atoms with Gasteiger partial charge >= 0.3 is 11.9 Å². The van der Waals surface area contributed by atoms with E-state index in [4.69, 9.17) is 20.4 Å². The lowest BCUT2D eigenvalue weighted by molar-refractivity contribution is -0.397. The first-order valence-electron chi connectivity index (χ1n) is 9.03. The SMILES string of the molecule is O=[N+]([O-])c1nccn1CC(CO)(CO)CF.O=[N+]([O-])c1nccn1CC(CO)(CO)CF. The molecule has 2 rings (SSSR count). The number of rotatable bonds is 12. The van der Waals surface area contributed by atoms with E-state index in [1.54, 1.807) is 0 Å². The fourth-order valence-electron chi connectivity index (χ4n) is 2.47. The van der Waals surface area contributed by atoms with Crippen LogP contribution in [0.5, 0.6) is 0 Å². The van der Waals surface area contributed by atoms with Crippen molar-refractivity contribution in [3.63, 3.8) is 0 Å². The van der Waals surface area contributed by atoms with E-state index >= 15 is 0 Å². The highest BCUT2D eigenvalue weighted by molar-refractivity contribution is 5.08. The minimum absolute atomic E-state index is 0.202. The standard InChI is InChI=1S/2C8H12FN3O4/c2*9-3-8(5-13,6-14)4-11-2-1-10-7(11)12(15)16/h2*1-2,13-14H,3-6H2. The van der Waals surface area contributed by atoms with Crippen molar-refractivity contribution in [1.82, 2.24) is 19.1 Å². The first-order valence-corrected chi connectivity index (χ1v) is 9.03. The maximum absolute atomic E-state index is 12.7. The Balaban J connectivity index is 0.000000320. The van der Waals surface area contributed by atoms with E-state index in [0.29, 0.717) is 0 Å². The summed E-state index contributed by atoms with van der Waals surface area (Å²) in [6, 6.07) is 0. The van der Waals surface area contributed by atoms with Crippen LogP contribution >= 0.6 is 0 Å². The Kier molecular flexibility index (Phi) is 10.2. The Morgan fingerprint density at radius 2 is 1.09 bits per heavy atom. The molecule has 0 bridgehead atoms. The molecule has 0 unspecified atom stereocenters. The molecule has 4 N–H and O–H groups in total. The normalized spacial score (nSPS) is 11.7. The smallest absolute Gasteiger partial charge is 0.395 e. The summed E-state index contributed by atoms with van der Waals surface area (Å²) in [4.78, 5) is 26.6. The molecule has 0 amide bonds. The molecule has 2 heterocycles. The van der Waals surface area contributed by atoms with Crippen molar-refractivity contribution in [2.24, 2.45) is 10.8 Å². The van der Waals surface area contributed by atoms with E-state index in [1.807, 2.05) is 0 Å². The first kappa shape index (κ1) is 27.0. The third-order valence-corrected chi connectivity index (χ3v) is 4.63. The van der Waals surface area contributed by atoms with Gasteiger partial charge in [-0.15, -0.1) is 0 Å². The van der Waals surface area contributed by atoms with E-state index in [1.165, 1.54) is 24.8 Å². The zero-order valence-electron chi connectivity index (χ0n) is 16.8. The van der Waals surface area contributed by atoms with E-state index in [0.717, 1.165) is 9.13 Å². The fourth-order valence-corrected chi connectivity index (χ4v) is 2.47. The Morgan fingerprint density at radius 3 is 1.31 bits per heavy atom. The summed E-state index contributed by atoms with van der Waals surface area (Å²) in [5, 5.41) is 57.1. The molecule has 0 fully saturated rings. The highest BCUT2D eigenvalue weighted by Crippen LogP contribution is 2.23. The number of hydrogen-bond acceptors (Lipinski definition) is 10. The van der Waals surface area contributed by atoms with Crippen LogP contribution in [0, 0.1) is 31.1 Å². The van der Waals surface area contributed by atoms with Crippen LogP contribution in [0.1, 0.15) is 0 Å². The van der Waals surface area contributed by atoms with Crippen LogP contribution in [0.15, 0.2) is 24.8 Å². The van der Waals surface area contributed by atoms with Gasteiger partial charge in [0.25, 0.3) is 0 Å². The van der Waals surface area contributed by atoms with Gasteiger partial charge < -0.3 is 40.7 Å². The predicted molar refractivity (Wildman–Crippen MR) is 103 cm³/mol. The maximum atomic E-state index is 12.7. The number of hydrogen-bond donors (Lipinski definition) is 4. The zero-order valence-corrected chi connectivity index (χ0v) is 16.8. The summed E-state index contributed by atoms with van der Waals surface area (Å²) in [6.45, 7) is -4.76. The third-order valence-electron chi connectivity index (χ3n) is 4.63. The van der Waals surface area contributed by atoms with Gasteiger partial charge in [0, 0.05) is 0 Å². The van der Waals surface area contributed by atoms with Gasteiger partial charge in [-0.3, -0.25) is 8.78 Å². The van der Waals surface area contributed by atoms with Gasteiger partial charge in [-0.25, -0.2) is 9.13 Å². The molecule has 0 atom stereocenters.